The fourth-order valence-corrected chi connectivity index (χ4v) is 5.31. The second-order valence-corrected chi connectivity index (χ2v) is 11.5. The molecule has 1 N–H and O–H groups in total. The first-order chi connectivity index (χ1) is 17.6. The molecule has 0 radical (unpaired) electrons. The van der Waals surface area contributed by atoms with Crippen molar-refractivity contribution in [3.8, 4) is 0 Å². The van der Waals surface area contributed by atoms with E-state index in [1.54, 1.807) is 42.5 Å². The maximum absolute atomic E-state index is 13.2. The molecule has 4 aromatic rings. The van der Waals surface area contributed by atoms with Crippen LogP contribution in [0.4, 0.5) is 5.69 Å². The lowest BCUT2D eigenvalue weighted by Crippen LogP contribution is -2.30. The van der Waals surface area contributed by atoms with Gasteiger partial charge in [-0.1, -0.05) is 102 Å². The monoisotopic (exact) mass is 552 g/mol. The number of amides is 1. The van der Waals surface area contributed by atoms with Gasteiger partial charge in [0.2, 0.25) is 10.0 Å². The van der Waals surface area contributed by atoms with E-state index in [-0.39, 0.29) is 28.5 Å². The Hall–Kier alpha value is -3.32. The van der Waals surface area contributed by atoms with Crippen molar-refractivity contribution in [2.24, 2.45) is 0 Å². The largest absolute Gasteiger partial charge is 0.341 e. The van der Waals surface area contributed by atoms with Gasteiger partial charge in [0.1, 0.15) is 0 Å². The van der Waals surface area contributed by atoms with Crippen LogP contribution < -0.4 is 9.62 Å². The van der Waals surface area contributed by atoms with Crippen LogP contribution in [-0.2, 0) is 16.6 Å². The Morgan fingerprint density at radius 1 is 0.838 bits per heavy atom. The first kappa shape index (κ1) is 26.7. The number of halogens is 2. The highest BCUT2D eigenvalue weighted by atomic mass is 35.5. The van der Waals surface area contributed by atoms with Gasteiger partial charge in [0.05, 0.1) is 34.6 Å². The quantitative estimate of drug-likeness (QED) is 0.261. The number of anilines is 1. The summed E-state index contributed by atoms with van der Waals surface area (Å²) in [4.78, 5) is 13.2. The van der Waals surface area contributed by atoms with Gasteiger partial charge in [0, 0.05) is 5.56 Å². The van der Waals surface area contributed by atoms with Gasteiger partial charge in [0.25, 0.3) is 5.91 Å². The third-order valence-corrected chi connectivity index (χ3v) is 7.90. The number of rotatable bonds is 8. The van der Waals surface area contributed by atoms with Crippen molar-refractivity contribution in [2.45, 2.75) is 19.5 Å². The number of nitrogens with one attached hydrogen (secondary N) is 1. The second kappa shape index (κ2) is 11.4. The fourth-order valence-electron chi connectivity index (χ4n) is 3.97. The van der Waals surface area contributed by atoms with Crippen molar-refractivity contribution >= 4 is 44.8 Å². The minimum absolute atomic E-state index is 0.0385. The molecule has 5 nitrogen and oxygen atoms in total. The molecule has 0 aromatic heterocycles. The van der Waals surface area contributed by atoms with Crippen molar-refractivity contribution in [1.29, 1.82) is 0 Å². The van der Waals surface area contributed by atoms with E-state index < -0.39 is 10.0 Å². The van der Waals surface area contributed by atoms with Gasteiger partial charge < -0.3 is 5.32 Å². The van der Waals surface area contributed by atoms with E-state index in [4.69, 9.17) is 23.2 Å². The number of carbonyl (C=O) groups excluding carboxylic acids is 1. The molecule has 1 atom stereocenters. The van der Waals surface area contributed by atoms with Crippen LogP contribution in [0.15, 0.2) is 97.1 Å². The Morgan fingerprint density at radius 2 is 1.46 bits per heavy atom. The van der Waals surface area contributed by atoms with Crippen molar-refractivity contribution in [1.82, 2.24) is 5.32 Å². The topological polar surface area (TPSA) is 66.5 Å². The van der Waals surface area contributed by atoms with Crippen LogP contribution >= 0.6 is 23.2 Å². The Kier molecular flexibility index (Phi) is 8.22. The summed E-state index contributed by atoms with van der Waals surface area (Å²) >= 11 is 12.4. The Balaban J connectivity index is 1.56. The van der Waals surface area contributed by atoms with Crippen molar-refractivity contribution < 1.29 is 13.2 Å². The lowest BCUT2D eigenvalue weighted by atomic mass is 9.97. The molecule has 4 rings (SSSR count). The molecule has 190 valence electrons. The summed E-state index contributed by atoms with van der Waals surface area (Å²) in [5.74, 6) is -0.237. The van der Waals surface area contributed by atoms with Crippen LogP contribution in [0.25, 0.3) is 0 Å². The van der Waals surface area contributed by atoms with Gasteiger partial charge in [-0.25, -0.2) is 8.42 Å². The smallest absolute Gasteiger partial charge is 0.252 e. The maximum Gasteiger partial charge on any atom is 0.252 e. The predicted octanol–water partition coefficient (Wildman–Crippen LogP) is 6.79. The molecule has 0 aliphatic rings. The molecule has 0 heterocycles. The first-order valence-corrected chi connectivity index (χ1v) is 14.2. The summed E-state index contributed by atoms with van der Waals surface area (Å²) in [6.45, 7) is 2.06. The van der Waals surface area contributed by atoms with E-state index in [0.717, 1.165) is 22.9 Å². The number of hydrogen-bond donors (Lipinski definition) is 1. The molecule has 4 aromatic carbocycles. The molecule has 0 bridgehead atoms. The standard InChI is InChI=1S/C29H26Cl2N2O3S/c1-20-11-15-23(16-12-20)28(22-7-4-3-5-8-22)32-29(34)24-17-13-21(14-18-24)19-33(37(2,35)36)26-10-6-9-25(30)27(26)31/h3-18,28H,19H2,1-2H3,(H,32,34)/t28-/m1/s1. The predicted molar refractivity (Wildman–Crippen MR) is 151 cm³/mol. The van der Waals surface area contributed by atoms with Gasteiger partial charge in [-0.15, -0.1) is 0 Å². The van der Waals surface area contributed by atoms with E-state index >= 15 is 0 Å². The van der Waals surface area contributed by atoms with E-state index in [2.05, 4.69) is 5.32 Å². The molecule has 8 heteroatoms. The summed E-state index contributed by atoms with van der Waals surface area (Å²) in [6.07, 6.45) is 1.11. The molecule has 37 heavy (non-hydrogen) atoms. The molecular formula is C29H26Cl2N2O3S. The number of sulfonamides is 1. The molecule has 0 saturated carbocycles. The lowest BCUT2D eigenvalue weighted by molar-refractivity contribution is 0.0943. The summed E-state index contributed by atoms with van der Waals surface area (Å²) in [7, 11) is -3.65. The number of benzene rings is 4. The normalized spacial score (nSPS) is 12.1. The SMILES string of the molecule is Cc1ccc([C@H](NC(=O)c2ccc(CN(c3cccc(Cl)c3Cl)S(C)(=O)=O)cc2)c2ccccc2)cc1. The van der Waals surface area contributed by atoms with Crippen LogP contribution in [-0.4, -0.2) is 20.6 Å². The maximum atomic E-state index is 13.2. The zero-order valence-electron chi connectivity index (χ0n) is 20.4. The van der Waals surface area contributed by atoms with Gasteiger partial charge >= 0.3 is 0 Å². The molecule has 0 fully saturated rings. The van der Waals surface area contributed by atoms with Crippen LogP contribution in [0, 0.1) is 6.92 Å². The van der Waals surface area contributed by atoms with Crippen LogP contribution in [0.1, 0.15) is 38.7 Å². The van der Waals surface area contributed by atoms with Gasteiger partial charge in [-0.2, -0.15) is 0 Å². The third-order valence-electron chi connectivity index (χ3n) is 5.96. The van der Waals surface area contributed by atoms with Crippen molar-refractivity contribution in [2.75, 3.05) is 10.6 Å². The van der Waals surface area contributed by atoms with E-state index in [9.17, 15) is 13.2 Å². The molecular weight excluding hydrogens is 527 g/mol. The van der Waals surface area contributed by atoms with E-state index in [1.807, 2.05) is 61.5 Å². The summed E-state index contributed by atoms with van der Waals surface area (Å²) in [5.41, 5.74) is 4.53. The highest BCUT2D eigenvalue weighted by Gasteiger charge is 2.22. The van der Waals surface area contributed by atoms with E-state index in [1.165, 1.54) is 4.31 Å². The minimum Gasteiger partial charge on any atom is -0.341 e. The van der Waals surface area contributed by atoms with Crippen LogP contribution in [0.5, 0.6) is 0 Å². The van der Waals surface area contributed by atoms with Crippen molar-refractivity contribution in [3.05, 3.63) is 135 Å². The molecule has 0 aliphatic heterocycles. The lowest BCUT2D eigenvalue weighted by Gasteiger charge is -2.24. The second-order valence-electron chi connectivity index (χ2n) is 8.77. The zero-order chi connectivity index (χ0) is 26.6. The number of aryl methyl sites for hydroxylation is 1. The highest BCUT2D eigenvalue weighted by molar-refractivity contribution is 7.92. The average Bonchev–Trinajstić information content (AvgIpc) is 2.88. The van der Waals surface area contributed by atoms with Crippen LogP contribution in [0.2, 0.25) is 10.0 Å². The zero-order valence-corrected chi connectivity index (χ0v) is 22.7. The van der Waals surface area contributed by atoms with Crippen molar-refractivity contribution in [3.63, 3.8) is 0 Å². The molecule has 1 amide bonds. The van der Waals surface area contributed by atoms with E-state index in [0.29, 0.717) is 16.8 Å². The van der Waals surface area contributed by atoms with Gasteiger partial charge in [0.15, 0.2) is 0 Å². The van der Waals surface area contributed by atoms with Gasteiger partial charge in [-0.3, -0.25) is 9.10 Å². The third kappa shape index (κ3) is 6.52. The fraction of sp³-hybridized carbons (Fsp3) is 0.138. The number of nitrogens with zero attached hydrogens (tertiary/aromatic N) is 1. The Bertz CT molecular complexity index is 1490. The molecule has 0 saturated heterocycles. The molecule has 0 unspecified atom stereocenters. The summed E-state index contributed by atoms with van der Waals surface area (Å²) in [5, 5.41) is 3.56. The summed E-state index contributed by atoms with van der Waals surface area (Å²) in [6, 6.07) is 29.2. The number of carbonyl (C=O) groups is 1. The highest BCUT2D eigenvalue weighted by Crippen LogP contribution is 2.34. The summed E-state index contributed by atoms with van der Waals surface area (Å²) < 4.78 is 26.3. The Labute approximate surface area is 227 Å². The minimum atomic E-state index is -3.65. The van der Waals surface area contributed by atoms with Crippen LogP contribution in [0.3, 0.4) is 0 Å². The molecule has 0 aliphatic carbocycles. The average molecular weight is 554 g/mol. The first-order valence-electron chi connectivity index (χ1n) is 11.6. The molecule has 0 spiro atoms. The Morgan fingerprint density at radius 3 is 2.08 bits per heavy atom. The van der Waals surface area contributed by atoms with Gasteiger partial charge in [-0.05, 0) is 47.9 Å². The number of hydrogen-bond acceptors (Lipinski definition) is 3.